The number of non-ortho nitro benzene ring substituents is 1. The first kappa shape index (κ1) is 17.3. The molecule has 0 fully saturated rings. The summed E-state index contributed by atoms with van der Waals surface area (Å²) in [4.78, 5) is 26.4. The Morgan fingerprint density at radius 3 is 2.58 bits per heavy atom. The Hall–Kier alpha value is -3.49. The standard InChI is InChI=1S/C17H10F3N3O3/c18-17(19,20)11-4-5-13-14(6-7-21-15(13)9-11)22-16(24)10-2-1-3-12(8-10)23(25)26/h1-9H,(H,21,22,24). The van der Waals surface area contributed by atoms with E-state index in [2.05, 4.69) is 10.3 Å². The van der Waals surface area contributed by atoms with Crippen LogP contribution >= 0.6 is 0 Å². The predicted octanol–water partition coefficient (Wildman–Crippen LogP) is 4.41. The van der Waals surface area contributed by atoms with E-state index in [-0.39, 0.29) is 22.5 Å². The number of halogens is 3. The summed E-state index contributed by atoms with van der Waals surface area (Å²) < 4.78 is 38.4. The molecule has 9 heteroatoms. The van der Waals surface area contributed by atoms with E-state index in [1.165, 1.54) is 36.5 Å². The summed E-state index contributed by atoms with van der Waals surface area (Å²) in [6.45, 7) is 0. The number of nitrogens with one attached hydrogen (secondary N) is 1. The number of hydrogen-bond acceptors (Lipinski definition) is 4. The molecule has 0 radical (unpaired) electrons. The molecule has 0 aliphatic carbocycles. The molecule has 132 valence electrons. The Balaban J connectivity index is 1.95. The molecule has 1 aromatic heterocycles. The molecule has 0 aliphatic heterocycles. The maximum atomic E-state index is 12.8. The second-order valence-corrected chi connectivity index (χ2v) is 5.35. The van der Waals surface area contributed by atoms with E-state index in [1.807, 2.05) is 0 Å². The average Bonchev–Trinajstić information content (AvgIpc) is 2.61. The lowest BCUT2D eigenvalue weighted by atomic mass is 10.1. The monoisotopic (exact) mass is 361 g/mol. The molecule has 2 aromatic carbocycles. The number of anilines is 1. The summed E-state index contributed by atoms with van der Waals surface area (Å²) in [6.07, 6.45) is -3.23. The molecule has 0 unspecified atom stereocenters. The Bertz CT molecular complexity index is 1020. The summed E-state index contributed by atoms with van der Waals surface area (Å²) in [5, 5.41) is 13.7. The number of hydrogen-bond donors (Lipinski definition) is 1. The van der Waals surface area contributed by atoms with Crippen molar-refractivity contribution in [2.75, 3.05) is 5.32 Å². The number of fused-ring (bicyclic) bond motifs is 1. The van der Waals surface area contributed by atoms with Gasteiger partial charge in [-0.15, -0.1) is 0 Å². The van der Waals surface area contributed by atoms with Crippen molar-refractivity contribution in [1.29, 1.82) is 0 Å². The molecule has 0 aliphatic rings. The van der Waals surface area contributed by atoms with Crippen molar-refractivity contribution in [1.82, 2.24) is 4.98 Å². The van der Waals surface area contributed by atoms with E-state index in [0.29, 0.717) is 5.39 Å². The van der Waals surface area contributed by atoms with Gasteiger partial charge in [0, 0.05) is 29.3 Å². The van der Waals surface area contributed by atoms with Crippen LogP contribution < -0.4 is 5.32 Å². The van der Waals surface area contributed by atoms with Crippen LogP contribution in [0.2, 0.25) is 0 Å². The van der Waals surface area contributed by atoms with Crippen LogP contribution in [0.5, 0.6) is 0 Å². The van der Waals surface area contributed by atoms with E-state index in [9.17, 15) is 28.1 Å². The number of carbonyl (C=O) groups excluding carboxylic acids is 1. The summed E-state index contributed by atoms with van der Waals surface area (Å²) in [7, 11) is 0. The number of nitro benzene ring substituents is 1. The van der Waals surface area contributed by atoms with Gasteiger partial charge in [-0.3, -0.25) is 19.9 Å². The van der Waals surface area contributed by atoms with Crippen LogP contribution in [0.15, 0.2) is 54.7 Å². The molecule has 0 atom stereocenters. The number of benzene rings is 2. The van der Waals surface area contributed by atoms with Gasteiger partial charge in [-0.2, -0.15) is 13.2 Å². The zero-order chi connectivity index (χ0) is 18.9. The van der Waals surface area contributed by atoms with Gasteiger partial charge < -0.3 is 5.32 Å². The van der Waals surface area contributed by atoms with Gasteiger partial charge in [-0.1, -0.05) is 12.1 Å². The molecule has 1 heterocycles. The fraction of sp³-hybridized carbons (Fsp3) is 0.0588. The maximum absolute atomic E-state index is 12.8. The zero-order valence-corrected chi connectivity index (χ0v) is 12.9. The minimum atomic E-state index is -4.50. The van der Waals surface area contributed by atoms with Crippen molar-refractivity contribution in [3.05, 3.63) is 76.0 Å². The van der Waals surface area contributed by atoms with E-state index in [4.69, 9.17) is 0 Å². The van der Waals surface area contributed by atoms with Crippen LogP contribution in [0, 0.1) is 10.1 Å². The lowest BCUT2D eigenvalue weighted by Crippen LogP contribution is -2.12. The minimum absolute atomic E-state index is 0.0519. The normalized spacial score (nSPS) is 11.3. The first-order valence-electron chi connectivity index (χ1n) is 7.27. The van der Waals surface area contributed by atoms with Crippen molar-refractivity contribution >= 4 is 28.2 Å². The fourth-order valence-corrected chi connectivity index (χ4v) is 2.39. The Labute approximate surface area is 144 Å². The molecule has 26 heavy (non-hydrogen) atoms. The van der Waals surface area contributed by atoms with Crippen LogP contribution in [0.3, 0.4) is 0 Å². The topological polar surface area (TPSA) is 85.1 Å². The van der Waals surface area contributed by atoms with Crippen molar-refractivity contribution < 1.29 is 22.9 Å². The van der Waals surface area contributed by atoms with Crippen LogP contribution in [0.1, 0.15) is 15.9 Å². The van der Waals surface area contributed by atoms with Crippen LogP contribution in [-0.4, -0.2) is 15.8 Å². The number of nitro groups is 1. The highest BCUT2D eigenvalue weighted by Gasteiger charge is 2.30. The van der Waals surface area contributed by atoms with E-state index >= 15 is 0 Å². The van der Waals surface area contributed by atoms with Crippen molar-refractivity contribution in [3.63, 3.8) is 0 Å². The lowest BCUT2D eigenvalue weighted by molar-refractivity contribution is -0.384. The molecule has 0 bridgehead atoms. The van der Waals surface area contributed by atoms with Gasteiger partial charge >= 0.3 is 6.18 Å². The van der Waals surface area contributed by atoms with Crippen LogP contribution in [-0.2, 0) is 6.18 Å². The molecular formula is C17H10F3N3O3. The van der Waals surface area contributed by atoms with Crippen molar-refractivity contribution in [3.8, 4) is 0 Å². The Morgan fingerprint density at radius 1 is 1.12 bits per heavy atom. The summed E-state index contributed by atoms with van der Waals surface area (Å²) in [6, 6.07) is 9.56. The number of rotatable bonds is 3. The number of pyridine rings is 1. The van der Waals surface area contributed by atoms with Gasteiger partial charge in [0.2, 0.25) is 0 Å². The average molecular weight is 361 g/mol. The molecular weight excluding hydrogens is 351 g/mol. The SMILES string of the molecule is O=C(Nc1ccnc2cc(C(F)(F)F)ccc12)c1cccc([N+](=O)[O-])c1. The fourth-order valence-electron chi connectivity index (χ4n) is 2.39. The lowest BCUT2D eigenvalue weighted by Gasteiger charge is -2.11. The van der Waals surface area contributed by atoms with Crippen molar-refractivity contribution in [2.24, 2.45) is 0 Å². The highest BCUT2D eigenvalue weighted by molar-refractivity contribution is 6.08. The summed E-state index contributed by atoms with van der Waals surface area (Å²) >= 11 is 0. The van der Waals surface area contributed by atoms with Gasteiger partial charge in [0.25, 0.3) is 11.6 Å². The maximum Gasteiger partial charge on any atom is 0.416 e. The molecule has 0 saturated heterocycles. The van der Waals surface area contributed by atoms with Gasteiger partial charge in [-0.05, 0) is 24.3 Å². The number of nitrogens with zero attached hydrogens (tertiary/aromatic N) is 2. The number of carbonyl (C=O) groups is 1. The highest BCUT2D eigenvalue weighted by Crippen LogP contribution is 2.32. The first-order valence-corrected chi connectivity index (χ1v) is 7.27. The number of aromatic nitrogens is 1. The molecule has 6 nitrogen and oxygen atoms in total. The third-order valence-corrected chi connectivity index (χ3v) is 3.64. The molecule has 0 saturated carbocycles. The molecule has 1 amide bonds. The molecule has 1 N–H and O–H groups in total. The summed E-state index contributed by atoms with van der Waals surface area (Å²) in [5.74, 6) is -0.624. The van der Waals surface area contributed by atoms with E-state index in [1.54, 1.807) is 0 Å². The quantitative estimate of drug-likeness (QED) is 0.553. The largest absolute Gasteiger partial charge is 0.416 e. The highest BCUT2D eigenvalue weighted by atomic mass is 19.4. The van der Waals surface area contributed by atoms with Gasteiger partial charge in [0.15, 0.2) is 0 Å². The third-order valence-electron chi connectivity index (χ3n) is 3.64. The summed E-state index contributed by atoms with van der Waals surface area (Å²) in [5.41, 5.74) is -0.723. The van der Waals surface area contributed by atoms with E-state index < -0.39 is 22.6 Å². The second kappa shape index (κ2) is 6.43. The second-order valence-electron chi connectivity index (χ2n) is 5.35. The van der Waals surface area contributed by atoms with Gasteiger partial charge in [-0.25, -0.2) is 0 Å². The molecule has 0 spiro atoms. The first-order chi connectivity index (χ1) is 12.3. The molecule has 3 rings (SSSR count). The van der Waals surface area contributed by atoms with Gasteiger partial charge in [0.1, 0.15) is 0 Å². The molecule has 3 aromatic rings. The van der Waals surface area contributed by atoms with Crippen LogP contribution in [0.4, 0.5) is 24.5 Å². The van der Waals surface area contributed by atoms with E-state index in [0.717, 1.165) is 18.2 Å². The minimum Gasteiger partial charge on any atom is -0.321 e. The smallest absolute Gasteiger partial charge is 0.321 e. The third kappa shape index (κ3) is 3.46. The Morgan fingerprint density at radius 2 is 1.88 bits per heavy atom. The van der Waals surface area contributed by atoms with Crippen LogP contribution in [0.25, 0.3) is 10.9 Å². The number of alkyl halides is 3. The van der Waals surface area contributed by atoms with Gasteiger partial charge in [0.05, 0.1) is 21.7 Å². The predicted molar refractivity (Wildman–Crippen MR) is 87.8 cm³/mol. The zero-order valence-electron chi connectivity index (χ0n) is 12.9. The Kier molecular flexibility index (Phi) is 4.29. The van der Waals surface area contributed by atoms with Crippen molar-refractivity contribution in [2.45, 2.75) is 6.18 Å². The number of amides is 1.